The lowest BCUT2D eigenvalue weighted by molar-refractivity contribution is -0.154. The molecule has 31 heavy (non-hydrogen) atoms. The molecule has 3 aliphatic heterocycles. The summed E-state index contributed by atoms with van der Waals surface area (Å²) < 4.78 is 4.61. The number of aliphatic hydroxyl groups is 1. The van der Waals surface area contributed by atoms with E-state index in [9.17, 15) is 19.5 Å². The zero-order valence-electron chi connectivity index (χ0n) is 18.4. The van der Waals surface area contributed by atoms with E-state index >= 15 is 0 Å². The van der Waals surface area contributed by atoms with E-state index in [0.717, 1.165) is 23.2 Å². The van der Waals surface area contributed by atoms with Crippen molar-refractivity contribution in [2.24, 2.45) is 17.8 Å². The van der Waals surface area contributed by atoms with Crippen molar-refractivity contribution in [1.82, 2.24) is 4.90 Å². The van der Waals surface area contributed by atoms with Crippen LogP contribution in [0, 0.1) is 31.6 Å². The lowest BCUT2D eigenvalue weighted by atomic mass is 9.66. The van der Waals surface area contributed by atoms with Gasteiger partial charge in [0, 0.05) is 17.5 Å². The van der Waals surface area contributed by atoms with Crippen LogP contribution in [0.25, 0.3) is 0 Å². The molecule has 3 saturated heterocycles. The Morgan fingerprint density at radius 2 is 2.00 bits per heavy atom. The molecule has 1 aromatic carbocycles. The van der Waals surface area contributed by atoms with Gasteiger partial charge in [0.15, 0.2) is 0 Å². The Morgan fingerprint density at radius 3 is 2.61 bits per heavy atom. The number of esters is 1. The van der Waals surface area contributed by atoms with Crippen LogP contribution in [0.2, 0.25) is 0 Å². The summed E-state index contributed by atoms with van der Waals surface area (Å²) in [7, 11) is 0. The highest BCUT2D eigenvalue weighted by atomic mass is 32.2. The summed E-state index contributed by atoms with van der Waals surface area (Å²) in [6.45, 7) is 7.77. The van der Waals surface area contributed by atoms with Gasteiger partial charge < -0.3 is 20.1 Å². The highest BCUT2D eigenvalue weighted by Gasteiger charge is 2.76. The predicted octanol–water partition coefficient (Wildman–Crippen LogP) is 2.13. The molecule has 2 N–H and O–H groups in total. The van der Waals surface area contributed by atoms with Crippen molar-refractivity contribution in [3.63, 3.8) is 0 Å². The van der Waals surface area contributed by atoms with Crippen molar-refractivity contribution in [2.75, 3.05) is 25.1 Å². The van der Waals surface area contributed by atoms with E-state index in [4.69, 9.17) is 4.74 Å². The summed E-state index contributed by atoms with van der Waals surface area (Å²) in [5.41, 5.74) is 2.64. The Morgan fingerprint density at radius 1 is 1.32 bits per heavy atom. The molecule has 3 fully saturated rings. The van der Waals surface area contributed by atoms with Crippen molar-refractivity contribution >= 4 is 35.2 Å². The highest BCUT2D eigenvalue weighted by molar-refractivity contribution is 8.02. The molecule has 6 atom stereocenters. The first kappa shape index (κ1) is 22.1. The Bertz CT molecular complexity index is 901. The number of ether oxygens (including phenoxy) is 1. The minimum atomic E-state index is -0.749. The van der Waals surface area contributed by atoms with E-state index in [0.29, 0.717) is 0 Å². The maximum Gasteiger partial charge on any atom is 0.310 e. The van der Waals surface area contributed by atoms with Gasteiger partial charge >= 0.3 is 5.97 Å². The predicted molar refractivity (Wildman–Crippen MR) is 119 cm³/mol. The molecule has 0 aromatic heterocycles. The van der Waals surface area contributed by atoms with Gasteiger partial charge in [0.2, 0.25) is 11.8 Å². The molecule has 1 spiro atoms. The van der Waals surface area contributed by atoms with Crippen molar-refractivity contribution < 1.29 is 24.2 Å². The number of nitrogens with zero attached hydrogens (tertiary/aromatic N) is 1. The Labute approximate surface area is 186 Å². The quantitative estimate of drug-likeness (QED) is 0.650. The number of fused-ring (bicyclic) bond motifs is 1. The van der Waals surface area contributed by atoms with Crippen LogP contribution in [0.15, 0.2) is 18.2 Å². The van der Waals surface area contributed by atoms with Gasteiger partial charge in [-0.1, -0.05) is 25.1 Å². The second kappa shape index (κ2) is 8.13. The zero-order chi connectivity index (χ0) is 22.5. The van der Waals surface area contributed by atoms with E-state index in [1.54, 1.807) is 18.7 Å². The van der Waals surface area contributed by atoms with Crippen LogP contribution >= 0.6 is 11.8 Å². The fourth-order valence-corrected chi connectivity index (χ4v) is 8.29. The number of β-amino-alcohol motifs (C(OH)–C–C–N with tert-alkyl or cyclic N) is 1. The second-order valence-corrected chi connectivity index (χ2v) is 10.4. The SMILES string of the molecule is CCOC(=O)[C@@H]1[C@H]2C(=O)N(CCO)C(C(=O)Nc3c(C)cccc3C)C23S[C@@H]1CC3C. The van der Waals surface area contributed by atoms with Gasteiger partial charge in [-0.2, -0.15) is 0 Å². The normalized spacial score (nSPS) is 33.5. The summed E-state index contributed by atoms with van der Waals surface area (Å²) in [4.78, 5) is 41.5. The van der Waals surface area contributed by atoms with Crippen LogP contribution in [0.5, 0.6) is 0 Å². The van der Waals surface area contributed by atoms with E-state index in [1.165, 1.54) is 4.90 Å². The smallest absolute Gasteiger partial charge is 0.310 e. The number of anilines is 1. The van der Waals surface area contributed by atoms with Gasteiger partial charge in [-0.05, 0) is 44.2 Å². The fourth-order valence-electron chi connectivity index (χ4n) is 5.88. The summed E-state index contributed by atoms with van der Waals surface area (Å²) in [5.74, 6) is -1.91. The van der Waals surface area contributed by atoms with Crippen LogP contribution in [0.3, 0.4) is 0 Å². The number of carbonyl (C=O) groups excluding carboxylic acids is 3. The van der Waals surface area contributed by atoms with Crippen molar-refractivity contribution in [2.45, 2.75) is 50.2 Å². The van der Waals surface area contributed by atoms with Crippen LogP contribution in [0.4, 0.5) is 5.69 Å². The van der Waals surface area contributed by atoms with Gasteiger partial charge in [0.25, 0.3) is 0 Å². The number of para-hydroxylation sites is 1. The molecule has 7 nitrogen and oxygen atoms in total. The molecule has 1 aromatic rings. The third-order valence-corrected chi connectivity index (χ3v) is 9.20. The highest BCUT2D eigenvalue weighted by Crippen LogP contribution is 2.68. The first-order valence-electron chi connectivity index (χ1n) is 10.9. The molecule has 168 valence electrons. The molecule has 0 radical (unpaired) electrons. The standard InChI is InChI=1S/C23H30N2O5S/c1-5-30-22(29)16-15-11-14(4)23(31-15)17(16)21(28)25(9-10-26)19(23)20(27)24-18-12(2)7-6-8-13(18)3/h6-8,14-17,19,26H,5,9-11H2,1-4H3,(H,24,27)/t14?,15-,16+,17+,19?,23?/m1/s1. The lowest BCUT2D eigenvalue weighted by Crippen LogP contribution is -2.55. The Hall–Kier alpha value is -2.06. The molecular formula is C23H30N2O5S. The third kappa shape index (κ3) is 3.18. The zero-order valence-corrected chi connectivity index (χ0v) is 19.2. The average molecular weight is 447 g/mol. The number of nitrogens with one attached hydrogen (secondary N) is 1. The third-order valence-electron chi connectivity index (χ3n) is 7.12. The Balaban J connectivity index is 1.75. The van der Waals surface area contributed by atoms with Gasteiger partial charge in [-0.15, -0.1) is 11.8 Å². The minimum absolute atomic E-state index is 0.0326. The number of thioether (sulfide) groups is 1. The van der Waals surface area contributed by atoms with Crippen molar-refractivity contribution in [1.29, 1.82) is 0 Å². The van der Waals surface area contributed by atoms with Gasteiger partial charge in [0.05, 0.1) is 29.8 Å². The molecule has 0 saturated carbocycles. The second-order valence-electron chi connectivity index (χ2n) is 8.82. The molecular weight excluding hydrogens is 416 g/mol. The van der Waals surface area contributed by atoms with Crippen molar-refractivity contribution in [3.8, 4) is 0 Å². The maximum absolute atomic E-state index is 13.7. The number of hydrogen-bond acceptors (Lipinski definition) is 6. The van der Waals surface area contributed by atoms with Crippen LogP contribution in [-0.2, 0) is 19.1 Å². The molecule has 2 bridgehead atoms. The molecule has 3 aliphatic rings. The van der Waals surface area contributed by atoms with E-state index in [-0.39, 0.29) is 48.7 Å². The maximum atomic E-state index is 13.7. The monoisotopic (exact) mass is 446 g/mol. The summed E-state index contributed by atoms with van der Waals surface area (Å²) in [6, 6.07) is 5.06. The van der Waals surface area contributed by atoms with Crippen LogP contribution in [0.1, 0.15) is 31.4 Å². The lowest BCUT2D eigenvalue weighted by Gasteiger charge is -2.38. The number of rotatable bonds is 6. The van der Waals surface area contributed by atoms with E-state index in [1.807, 2.05) is 32.0 Å². The minimum Gasteiger partial charge on any atom is -0.466 e. The first-order chi connectivity index (χ1) is 14.8. The number of aryl methyl sites for hydroxylation is 2. The molecule has 4 rings (SSSR count). The number of likely N-dealkylation sites (tertiary alicyclic amines) is 1. The number of hydrogen-bond donors (Lipinski definition) is 2. The van der Waals surface area contributed by atoms with Gasteiger partial charge in [0.1, 0.15) is 6.04 Å². The topological polar surface area (TPSA) is 95.9 Å². The largest absolute Gasteiger partial charge is 0.466 e. The first-order valence-corrected chi connectivity index (χ1v) is 11.8. The van der Waals surface area contributed by atoms with E-state index in [2.05, 4.69) is 12.2 Å². The summed E-state index contributed by atoms with van der Waals surface area (Å²) >= 11 is 1.60. The number of aliphatic hydroxyl groups excluding tert-OH is 1. The number of benzene rings is 1. The van der Waals surface area contributed by atoms with Gasteiger partial charge in [-0.25, -0.2) is 0 Å². The molecule has 3 heterocycles. The average Bonchev–Trinajstić information content (AvgIpc) is 3.30. The van der Waals surface area contributed by atoms with E-state index < -0.39 is 22.6 Å². The number of carbonyl (C=O) groups is 3. The fraction of sp³-hybridized carbons (Fsp3) is 0.609. The Kier molecular flexibility index (Phi) is 5.81. The molecule has 8 heteroatoms. The summed E-state index contributed by atoms with van der Waals surface area (Å²) in [5, 5.41) is 12.7. The summed E-state index contributed by atoms with van der Waals surface area (Å²) in [6.07, 6.45) is 0.762. The molecule has 2 amide bonds. The molecule has 0 aliphatic carbocycles. The van der Waals surface area contributed by atoms with Crippen LogP contribution in [-0.4, -0.2) is 63.6 Å². The molecule has 3 unspecified atom stereocenters. The van der Waals surface area contributed by atoms with Gasteiger partial charge in [-0.3, -0.25) is 14.4 Å². The van der Waals surface area contributed by atoms with Crippen molar-refractivity contribution in [3.05, 3.63) is 29.3 Å². The van der Waals surface area contributed by atoms with Crippen LogP contribution < -0.4 is 5.32 Å². The number of amides is 2.